The van der Waals surface area contributed by atoms with Crippen molar-refractivity contribution in [3.8, 4) is 23.0 Å². The zero-order valence-corrected chi connectivity index (χ0v) is 16.0. The fourth-order valence-electron chi connectivity index (χ4n) is 2.83. The Morgan fingerprint density at radius 2 is 2.00 bits per heavy atom. The van der Waals surface area contributed by atoms with Crippen LogP contribution in [0.25, 0.3) is 0 Å². The first-order valence-electron chi connectivity index (χ1n) is 9.17. The molecule has 0 aliphatic carbocycles. The SMILES string of the molecule is CNCCC(C=O)Oc1cccc(Oc2ccc3c(c2)OCCN(C)C3=O)c1. The summed E-state index contributed by atoms with van der Waals surface area (Å²) < 4.78 is 17.3. The molecule has 0 fully saturated rings. The number of aldehydes is 1. The van der Waals surface area contributed by atoms with Gasteiger partial charge in [0.15, 0.2) is 12.4 Å². The van der Waals surface area contributed by atoms with Crippen molar-refractivity contribution in [2.45, 2.75) is 12.5 Å². The standard InChI is InChI=1S/C21H24N2O5/c1-22-9-8-18(14-24)28-16-5-3-4-15(12-16)27-17-6-7-19-20(13-17)26-11-10-23(2)21(19)25/h3-7,12-14,18,22H,8-11H2,1-2H3. The molecule has 0 aromatic heterocycles. The average Bonchev–Trinajstić information content (AvgIpc) is 2.84. The minimum absolute atomic E-state index is 0.0732. The number of benzene rings is 2. The third-order valence-electron chi connectivity index (χ3n) is 4.37. The van der Waals surface area contributed by atoms with E-state index in [0.717, 1.165) is 6.29 Å². The summed E-state index contributed by atoms with van der Waals surface area (Å²) in [5.74, 6) is 2.10. The number of hydrogen-bond donors (Lipinski definition) is 1. The Balaban J connectivity index is 1.73. The third kappa shape index (κ3) is 4.80. The lowest BCUT2D eigenvalue weighted by atomic mass is 10.1. The molecule has 1 N–H and O–H groups in total. The fourth-order valence-corrected chi connectivity index (χ4v) is 2.83. The van der Waals surface area contributed by atoms with Crippen LogP contribution in [0.2, 0.25) is 0 Å². The minimum Gasteiger partial charge on any atom is -0.491 e. The predicted octanol–water partition coefficient (Wildman–Crippen LogP) is 2.50. The molecule has 0 radical (unpaired) electrons. The van der Waals surface area contributed by atoms with Crippen molar-refractivity contribution >= 4 is 12.2 Å². The molecule has 1 aliphatic rings. The van der Waals surface area contributed by atoms with Crippen molar-refractivity contribution in [2.24, 2.45) is 0 Å². The van der Waals surface area contributed by atoms with E-state index in [-0.39, 0.29) is 5.91 Å². The van der Waals surface area contributed by atoms with Crippen LogP contribution in [0.4, 0.5) is 0 Å². The number of hydrogen-bond acceptors (Lipinski definition) is 6. The molecule has 1 atom stereocenters. The Labute approximate surface area is 164 Å². The zero-order valence-electron chi connectivity index (χ0n) is 16.0. The lowest BCUT2D eigenvalue weighted by Gasteiger charge is -2.15. The summed E-state index contributed by atoms with van der Waals surface area (Å²) in [7, 11) is 3.58. The average molecular weight is 384 g/mol. The van der Waals surface area contributed by atoms with Crippen LogP contribution in [0.15, 0.2) is 42.5 Å². The second kappa shape index (κ2) is 9.23. The highest BCUT2D eigenvalue weighted by atomic mass is 16.5. The molecule has 1 heterocycles. The highest BCUT2D eigenvalue weighted by Crippen LogP contribution is 2.31. The summed E-state index contributed by atoms with van der Waals surface area (Å²) in [4.78, 5) is 25.1. The Morgan fingerprint density at radius 3 is 2.79 bits per heavy atom. The molecule has 2 aromatic carbocycles. The highest BCUT2D eigenvalue weighted by molar-refractivity contribution is 5.97. The monoisotopic (exact) mass is 384 g/mol. The van der Waals surface area contributed by atoms with Gasteiger partial charge in [0.25, 0.3) is 5.91 Å². The summed E-state index contributed by atoms with van der Waals surface area (Å²) in [6.45, 7) is 1.65. The zero-order chi connectivity index (χ0) is 19.9. The number of nitrogens with one attached hydrogen (secondary N) is 1. The van der Waals surface area contributed by atoms with Gasteiger partial charge in [-0.2, -0.15) is 0 Å². The maximum Gasteiger partial charge on any atom is 0.257 e. The summed E-state index contributed by atoms with van der Waals surface area (Å²) in [5.41, 5.74) is 0.516. The fraction of sp³-hybridized carbons (Fsp3) is 0.333. The molecule has 1 unspecified atom stereocenters. The molecule has 0 saturated heterocycles. The van der Waals surface area contributed by atoms with Gasteiger partial charge in [0.05, 0.1) is 12.1 Å². The largest absolute Gasteiger partial charge is 0.491 e. The first-order chi connectivity index (χ1) is 13.6. The van der Waals surface area contributed by atoms with Crippen LogP contribution in [0.5, 0.6) is 23.0 Å². The van der Waals surface area contributed by atoms with E-state index in [1.165, 1.54) is 0 Å². The summed E-state index contributed by atoms with van der Waals surface area (Å²) >= 11 is 0. The van der Waals surface area contributed by atoms with Gasteiger partial charge in [0.1, 0.15) is 29.6 Å². The molecule has 1 amide bonds. The van der Waals surface area contributed by atoms with Crippen LogP contribution in [0.3, 0.4) is 0 Å². The van der Waals surface area contributed by atoms with Gasteiger partial charge < -0.3 is 24.4 Å². The van der Waals surface area contributed by atoms with E-state index in [4.69, 9.17) is 14.2 Å². The molecule has 0 saturated carbocycles. The molecule has 1 aliphatic heterocycles. The molecular formula is C21H24N2O5. The molecule has 7 nitrogen and oxygen atoms in total. The van der Waals surface area contributed by atoms with Gasteiger partial charge in [-0.15, -0.1) is 0 Å². The van der Waals surface area contributed by atoms with E-state index in [0.29, 0.717) is 54.7 Å². The normalized spacial score (nSPS) is 14.5. The van der Waals surface area contributed by atoms with Crippen molar-refractivity contribution in [1.29, 1.82) is 0 Å². The van der Waals surface area contributed by atoms with E-state index in [2.05, 4.69) is 5.32 Å². The molecule has 3 rings (SSSR count). The Kier molecular flexibility index (Phi) is 6.49. The van der Waals surface area contributed by atoms with Gasteiger partial charge in [-0.05, 0) is 37.9 Å². The molecule has 0 spiro atoms. The third-order valence-corrected chi connectivity index (χ3v) is 4.37. The van der Waals surface area contributed by atoms with Gasteiger partial charge in [-0.3, -0.25) is 9.59 Å². The van der Waals surface area contributed by atoms with E-state index in [1.54, 1.807) is 54.4 Å². The second-order valence-electron chi connectivity index (χ2n) is 6.49. The summed E-state index contributed by atoms with van der Waals surface area (Å²) in [6, 6.07) is 12.2. The van der Waals surface area contributed by atoms with Crippen LogP contribution in [0, 0.1) is 0 Å². The molecule has 148 valence electrons. The van der Waals surface area contributed by atoms with Crippen LogP contribution in [-0.2, 0) is 4.79 Å². The predicted molar refractivity (Wildman–Crippen MR) is 104 cm³/mol. The van der Waals surface area contributed by atoms with Gasteiger partial charge in [0, 0.05) is 25.6 Å². The maximum atomic E-state index is 12.3. The van der Waals surface area contributed by atoms with Crippen molar-refractivity contribution < 1.29 is 23.8 Å². The van der Waals surface area contributed by atoms with Crippen LogP contribution >= 0.6 is 0 Å². The summed E-state index contributed by atoms with van der Waals surface area (Å²) in [6.07, 6.45) is 0.852. The molecule has 2 aromatic rings. The van der Waals surface area contributed by atoms with Gasteiger partial charge in [-0.1, -0.05) is 6.07 Å². The van der Waals surface area contributed by atoms with E-state index in [9.17, 15) is 9.59 Å². The van der Waals surface area contributed by atoms with Crippen molar-refractivity contribution in [1.82, 2.24) is 10.2 Å². The smallest absolute Gasteiger partial charge is 0.257 e. The van der Waals surface area contributed by atoms with E-state index in [1.807, 2.05) is 7.05 Å². The van der Waals surface area contributed by atoms with E-state index >= 15 is 0 Å². The number of carbonyl (C=O) groups is 2. The van der Waals surface area contributed by atoms with Gasteiger partial charge in [-0.25, -0.2) is 0 Å². The van der Waals surface area contributed by atoms with Crippen LogP contribution < -0.4 is 19.5 Å². The number of likely N-dealkylation sites (N-methyl/N-ethyl adjacent to an activating group) is 1. The number of ether oxygens (including phenoxy) is 3. The Morgan fingerprint density at radius 1 is 1.21 bits per heavy atom. The molecule has 0 bridgehead atoms. The number of nitrogens with zero attached hydrogens (tertiary/aromatic N) is 1. The van der Waals surface area contributed by atoms with Crippen molar-refractivity contribution in [3.63, 3.8) is 0 Å². The lowest BCUT2D eigenvalue weighted by Crippen LogP contribution is -2.27. The first kappa shape index (κ1) is 19.7. The van der Waals surface area contributed by atoms with Gasteiger partial charge in [0.2, 0.25) is 0 Å². The number of amides is 1. The maximum absolute atomic E-state index is 12.3. The topological polar surface area (TPSA) is 77.1 Å². The number of fused-ring (bicyclic) bond motifs is 1. The molecule has 28 heavy (non-hydrogen) atoms. The summed E-state index contributed by atoms with van der Waals surface area (Å²) in [5, 5.41) is 3.00. The first-order valence-corrected chi connectivity index (χ1v) is 9.17. The Bertz CT molecular complexity index is 839. The quantitative estimate of drug-likeness (QED) is 0.705. The van der Waals surface area contributed by atoms with E-state index < -0.39 is 6.10 Å². The van der Waals surface area contributed by atoms with Crippen LogP contribution in [-0.4, -0.2) is 57.0 Å². The second-order valence-corrected chi connectivity index (χ2v) is 6.49. The van der Waals surface area contributed by atoms with Crippen molar-refractivity contribution in [3.05, 3.63) is 48.0 Å². The van der Waals surface area contributed by atoms with Crippen LogP contribution in [0.1, 0.15) is 16.8 Å². The Hall–Kier alpha value is -3.06. The lowest BCUT2D eigenvalue weighted by molar-refractivity contribution is -0.113. The molecular weight excluding hydrogens is 360 g/mol. The van der Waals surface area contributed by atoms with Crippen molar-refractivity contribution in [2.75, 3.05) is 33.8 Å². The molecule has 7 heteroatoms. The minimum atomic E-state index is -0.522. The highest BCUT2D eigenvalue weighted by Gasteiger charge is 2.21. The number of carbonyl (C=O) groups excluding carboxylic acids is 2. The van der Waals surface area contributed by atoms with Gasteiger partial charge >= 0.3 is 0 Å². The number of rotatable bonds is 8.